The van der Waals surface area contributed by atoms with Crippen LogP contribution in [0, 0.1) is 0 Å². The van der Waals surface area contributed by atoms with Crippen LogP contribution in [0.4, 0.5) is 0 Å². The first-order valence-electron chi connectivity index (χ1n) is 11.2. The van der Waals surface area contributed by atoms with Crippen LogP contribution in [-0.2, 0) is 17.0 Å². The van der Waals surface area contributed by atoms with Gasteiger partial charge in [-0.2, -0.15) is 5.10 Å². The highest BCUT2D eigenvalue weighted by Gasteiger charge is 2.39. The summed E-state index contributed by atoms with van der Waals surface area (Å²) in [5.74, 6) is 0.397. The Balaban J connectivity index is 1.53. The molecule has 4 aromatic rings. The fourth-order valence-electron chi connectivity index (χ4n) is 3.72. The second-order valence-corrected chi connectivity index (χ2v) is 8.80. The molecular weight excluding hydrogens is 520 g/mol. The summed E-state index contributed by atoms with van der Waals surface area (Å²) in [6.45, 7) is 0.386. The number of hydrazone groups is 1. The van der Waals surface area contributed by atoms with Crippen LogP contribution in [0.15, 0.2) is 113 Å². The summed E-state index contributed by atoms with van der Waals surface area (Å²) >= 11 is 3.53. The van der Waals surface area contributed by atoms with Gasteiger partial charge < -0.3 is 14.6 Å². The Hall–Kier alpha value is -3.94. The number of nitrogens with zero attached hydrogens (tertiary/aromatic N) is 1. The van der Waals surface area contributed by atoms with Crippen LogP contribution in [0.5, 0.6) is 11.5 Å². The van der Waals surface area contributed by atoms with Crippen molar-refractivity contribution in [3.63, 3.8) is 0 Å². The van der Waals surface area contributed by atoms with Crippen molar-refractivity contribution in [2.24, 2.45) is 5.10 Å². The van der Waals surface area contributed by atoms with Crippen molar-refractivity contribution < 1.29 is 19.4 Å². The van der Waals surface area contributed by atoms with Gasteiger partial charge in [0.2, 0.25) is 0 Å². The Morgan fingerprint density at radius 2 is 1.50 bits per heavy atom. The lowest BCUT2D eigenvalue weighted by molar-refractivity contribution is -0.136. The van der Waals surface area contributed by atoms with E-state index < -0.39 is 11.5 Å². The van der Waals surface area contributed by atoms with E-state index in [0.717, 1.165) is 5.56 Å². The van der Waals surface area contributed by atoms with Gasteiger partial charge in [0, 0.05) is 0 Å². The van der Waals surface area contributed by atoms with Gasteiger partial charge in [0.25, 0.3) is 5.91 Å². The molecule has 7 heteroatoms. The molecule has 0 saturated heterocycles. The minimum atomic E-state index is -1.91. The Morgan fingerprint density at radius 3 is 2.06 bits per heavy atom. The number of rotatable bonds is 9. The standard InChI is InChI=1S/C29H25BrN2O4/c1-35-26-18-22(17-25(30)27(26)36-20-21-11-5-2-6-12-21)19-31-32-28(33)29(34,23-13-7-3-8-14-23)24-15-9-4-10-16-24/h2-19,34H,20H2,1H3,(H,32,33). The minimum absolute atomic E-state index is 0.386. The van der Waals surface area contributed by atoms with Crippen LogP contribution >= 0.6 is 15.9 Å². The van der Waals surface area contributed by atoms with Crippen molar-refractivity contribution in [3.05, 3.63) is 130 Å². The fraction of sp³-hybridized carbons (Fsp3) is 0.103. The van der Waals surface area contributed by atoms with Gasteiger partial charge in [-0.1, -0.05) is 91.0 Å². The lowest BCUT2D eigenvalue weighted by atomic mass is 9.85. The maximum Gasteiger partial charge on any atom is 0.281 e. The van der Waals surface area contributed by atoms with E-state index in [2.05, 4.69) is 26.5 Å². The van der Waals surface area contributed by atoms with Crippen LogP contribution in [0.3, 0.4) is 0 Å². The second kappa shape index (κ2) is 11.7. The first-order chi connectivity index (χ1) is 17.5. The molecule has 2 N–H and O–H groups in total. The van der Waals surface area contributed by atoms with E-state index in [0.29, 0.717) is 39.3 Å². The molecule has 0 aliphatic rings. The van der Waals surface area contributed by atoms with E-state index in [1.807, 2.05) is 42.5 Å². The number of methoxy groups -OCH3 is 1. The number of aliphatic hydroxyl groups is 1. The number of nitrogens with one attached hydrogen (secondary N) is 1. The molecule has 0 heterocycles. The van der Waals surface area contributed by atoms with Crippen LogP contribution in [0.25, 0.3) is 0 Å². The number of hydrogen-bond donors (Lipinski definition) is 2. The molecule has 0 radical (unpaired) electrons. The number of ether oxygens (including phenoxy) is 2. The Labute approximate surface area is 218 Å². The van der Waals surface area contributed by atoms with E-state index in [-0.39, 0.29) is 0 Å². The summed E-state index contributed by atoms with van der Waals surface area (Å²) < 4.78 is 12.2. The molecule has 0 atom stereocenters. The number of carbonyl (C=O) groups is 1. The quantitative estimate of drug-likeness (QED) is 0.217. The highest BCUT2D eigenvalue weighted by atomic mass is 79.9. The summed E-state index contributed by atoms with van der Waals surface area (Å²) in [5, 5.41) is 15.6. The largest absolute Gasteiger partial charge is 0.493 e. The molecule has 0 saturated carbocycles. The summed E-state index contributed by atoms with van der Waals surface area (Å²) in [5.41, 5.74) is 3.14. The summed E-state index contributed by atoms with van der Waals surface area (Å²) in [7, 11) is 1.56. The molecule has 4 rings (SSSR count). The third kappa shape index (κ3) is 5.64. The van der Waals surface area contributed by atoms with Gasteiger partial charge in [0.05, 0.1) is 17.8 Å². The molecule has 0 aliphatic heterocycles. The van der Waals surface area contributed by atoms with Gasteiger partial charge in [-0.05, 0) is 50.3 Å². The van der Waals surface area contributed by atoms with Gasteiger partial charge in [-0.15, -0.1) is 0 Å². The number of hydrogen-bond acceptors (Lipinski definition) is 5. The Kier molecular flexibility index (Phi) is 8.15. The van der Waals surface area contributed by atoms with Gasteiger partial charge in [-0.25, -0.2) is 5.43 Å². The summed E-state index contributed by atoms with van der Waals surface area (Å²) in [6, 6.07) is 30.9. The van der Waals surface area contributed by atoms with Gasteiger partial charge in [0.15, 0.2) is 17.1 Å². The molecule has 6 nitrogen and oxygen atoms in total. The van der Waals surface area contributed by atoms with Gasteiger partial charge in [0.1, 0.15) is 6.61 Å². The van der Waals surface area contributed by atoms with Crippen molar-refractivity contribution in [3.8, 4) is 11.5 Å². The first kappa shape index (κ1) is 25.2. The van der Waals surface area contributed by atoms with E-state index in [1.165, 1.54) is 6.21 Å². The molecule has 0 aromatic heterocycles. The van der Waals surface area contributed by atoms with Crippen molar-refractivity contribution in [2.75, 3.05) is 7.11 Å². The molecule has 0 fully saturated rings. The van der Waals surface area contributed by atoms with E-state index in [9.17, 15) is 9.90 Å². The molecule has 4 aromatic carbocycles. The van der Waals surface area contributed by atoms with Crippen LogP contribution < -0.4 is 14.9 Å². The van der Waals surface area contributed by atoms with Gasteiger partial charge >= 0.3 is 0 Å². The molecule has 36 heavy (non-hydrogen) atoms. The number of carbonyl (C=O) groups excluding carboxylic acids is 1. The zero-order valence-corrected chi connectivity index (χ0v) is 21.2. The minimum Gasteiger partial charge on any atom is -0.493 e. The molecule has 0 aliphatic carbocycles. The third-order valence-corrected chi connectivity index (χ3v) is 6.16. The second-order valence-electron chi connectivity index (χ2n) is 7.95. The van der Waals surface area contributed by atoms with Crippen molar-refractivity contribution in [1.29, 1.82) is 0 Å². The maximum absolute atomic E-state index is 13.2. The number of halogens is 1. The number of amides is 1. The van der Waals surface area contributed by atoms with Crippen molar-refractivity contribution in [2.45, 2.75) is 12.2 Å². The zero-order chi connectivity index (χ0) is 25.4. The smallest absolute Gasteiger partial charge is 0.281 e. The molecule has 0 spiro atoms. The Bertz CT molecular complexity index is 1290. The predicted molar refractivity (Wildman–Crippen MR) is 143 cm³/mol. The normalized spacial score (nSPS) is 11.3. The summed E-state index contributed by atoms with van der Waals surface area (Å²) in [4.78, 5) is 13.2. The molecule has 1 amide bonds. The predicted octanol–water partition coefficient (Wildman–Crippen LogP) is 5.42. The highest BCUT2D eigenvalue weighted by molar-refractivity contribution is 9.10. The topological polar surface area (TPSA) is 80.2 Å². The molecular formula is C29H25BrN2O4. The third-order valence-electron chi connectivity index (χ3n) is 5.57. The molecule has 182 valence electrons. The van der Waals surface area contributed by atoms with Crippen molar-refractivity contribution in [1.82, 2.24) is 5.43 Å². The monoisotopic (exact) mass is 544 g/mol. The number of benzene rings is 4. The van der Waals surface area contributed by atoms with Crippen LogP contribution in [-0.4, -0.2) is 24.3 Å². The molecule has 0 bridgehead atoms. The highest BCUT2D eigenvalue weighted by Crippen LogP contribution is 2.37. The van der Waals surface area contributed by atoms with Crippen molar-refractivity contribution >= 4 is 28.1 Å². The fourth-order valence-corrected chi connectivity index (χ4v) is 4.29. The van der Waals surface area contributed by atoms with E-state index >= 15 is 0 Å². The average Bonchev–Trinajstić information content (AvgIpc) is 2.93. The van der Waals surface area contributed by atoms with Crippen LogP contribution in [0.2, 0.25) is 0 Å². The van der Waals surface area contributed by atoms with Gasteiger partial charge in [-0.3, -0.25) is 4.79 Å². The SMILES string of the molecule is COc1cc(C=NNC(=O)C(O)(c2ccccc2)c2ccccc2)cc(Br)c1OCc1ccccc1. The average molecular weight is 545 g/mol. The maximum atomic E-state index is 13.2. The molecule has 0 unspecified atom stereocenters. The van der Waals surface area contributed by atoms with E-state index in [1.54, 1.807) is 67.8 Å². The first-order valence-corrected chi connectivity index (χ1v) is 12.0. The lowest BCUT2D eigenvalue weighted by Crippen LogP contribution is -2.43. The summed E-state index contributed by atoms with van der Waals surface area (Å²) in [6.07, 6.45) is 1.47. The Morgan fingerprint density at radius 1 is 0.944 bits per heavy atom. The van der Waals surface area contributed by atoms with E-state index in [4.69, 9.17) is 9.47 Å². The lowest BCUT2D eigenvalue weighted by Gasteiger charge is -2.27. The van der Waals surface area contributed by atoms with Crippen LogP contribution in [0.1, 0.15) is 22.3 Å². The zero-order valence-electron chi connectivity index (χ0n) is 19.6.